The number of nitrogens with zero attached hydrogens (tertiary/aromatic N) is 4. The second-order valence-corrected chi connectivity index (χ2v) is 7.21. The van der Waals surface area contributed by atoms with Crippen LogP contribution in [0.15, 0.2) is 42.9 Å². The minimum Gasteiger partial charge on any atom is -0.387 e. The molecule has 2 N–H and O–H groups in total. The van der Waals surface area contributed by atoms with Gasteiger partial charge in [0.2, 0.25) is 5.91 Å². The van der Waals surface area contributed by atoms with Gasteiger partial charge in [0.15, 0.2) is 0 Å². The fourth-order valence-corrected chi connectivity index (χ4v) is 3.81. The lowest BCUT2D eigenvalue weighted by atomic mass is 9.89. The summed E-state index contributed by atoms with van der Waals surface area (Å²) in [6, 6.07) is 9.44. The standard InChI is InChI=1S/C20H20ClN5O2.2ClH/c21-15-3-1-13(2-4-15)19-18(16-5-8-22-12-23-16)20(25-24-19)14-6-9-26(10-7-14)17(28)11-27;;/h1-5,8,12,14,27H,6-7,9-11H2,(H,24,25);2*1H. The van der Waals surface area contributed by atoms with Gasteiger partial charge in [-0.15, -0.1) is 24.8 Å². The van der Waals surface area contributed by atoms with Crippen molar-refractivity contribution in [2.24, 2.45) is 0 Å². The number of amides is 1. The zero-order chi connectivity index (χ0) is 19.5. The van der Waals surface area contributed by atoms with Crippen molar-refractivity contribution >= 4 is 42.3 Å². The van der Waals surface area contributed by atoms with Gasteiger partial charge < -0.3 is 10.0 Å². The molecule has 160 valence electrons. The third-order valence-corrected chi connectivity index (χ3v) is 5.39. The van der Waals surface area contributed by atoms with Crippen LogP contribution in [-0.2, 0) is 4.79 Å². The van der Waals surface area contributed by atoms with E-state index in [1.807, 2.05) is 30.3 Å². The molecule has 3 heterocycles. The van der Waals surface area contributed by atoms with Crippen LogP contribution in [0, 0.1) is 0 Å². The van der Waals surface area contributed by atoms with E-state index in [-0.39, 0.29) is 36.6 Å². The number of H-pyrrole nitrogens is 1. The Morgan fingerprint density at radius 2 is 1.87 bits per heavy atom. The Kier molecular flexibility index (Phi) is 8.61. The highest BCUT2D eigenvalue weighted by molar-refractivity contribution is 6.30. The third kappa shape index (κ3) is 4.92. The molecule has 30 heavy (non-hydrogen) atoms. The number of aromatic nitrogens is 4. The third-order valence-electron chi connectivity index (χ3n) is 5.14. The van der Waals surface area contributed by atoms with Crippen molar-refractivity contribution in [1.82, 2.24) is 25.1 Å². The second kappa shape index (κ2) is 10.7. The van der Waals surface area contributed by atoms with Crippen LogP contribution in [0.5, 0.6) is 0 Å². The van der Waals surface area contributed by atoms with Crippen LogP contribution in [0.1, 0.15) is 24.5 Å². The number of piperidine rings is 1. The molecular weight excluding hydrogens is 449 g/mol. The van der Waals surface area contributed by atoms with E-state index in [0.29, 0.717) is 18.1 Å². The largest absolute Gasteiger partial charge is 0.387 e. The molecule has 0 radical (unpaired) electrons. The molecule has 1 amide bonds. The summed E-state index contributed by atoms with van der Waals surface area (Å²) in [6.07, 6.45) is 4.84. The van der Waals surface area contributed by atoms with Gasteiger partial charge in [-0.25, -0.2) is 9.97 Å². The number of benzene rings is 1. The number of rotatable bonds is 4. The zero-order valence-electron chi connectivity index (χ0n) is 16.0. The number of carbonyl (C=O) groups is 1. The first-order valence-electron chi connectivity index (χ1n) is 9.16. The molecule has 1 aliphatic rings. The van der Waals surface area contributed by atoms with Crippen LogP contribution >= 0.6 is 36.4 Å². The molecule has 1 saturated heterocycles. The Morgan fingerprint density at radius 3 is 2.47 bits per heavy atom. The van der Waals surface area contributed by atoms with Crippen LogP contribution in [0.25, 0.3) is 22.5 Å². The lowest BCUT2D eigenvalue weighted by Gasteiger charge is -2.31. The molecule has 7 nitrogen and oxygen atoms in total. The van der Waals surface area contributed by atoms with Gasteiger partial charge in [-0.05, 0) is 31.0 Å². The topological polar surface area (TPSA) is 95.0 Å². The average Bonchev–Trinajstić information content (AvgIpc) is 3.19. The molecule has 0 unspecified atom stereocenters. The Bertz CT molecular complexity index is 958. The number of aliphatic hydroxyl groups excluding tert-OH is 1. The van der Waals surface area contributed by atoms with E-state index in [1.54, 1.807) is 11.1 Å². The molecule has 1 aliphatic heterocycles. The molecular formula is C20H22Cl3N5O2. The van der Waals surface area contributed by atoms with Crippen molar-refractivity contribution in [3.05, 3.63) is 53.6 Å². The molecule has 3 aromatic rings. The summed E-state index contributed by atoms with van der Waals surface area (Å²) < 4.78 is 0. The lowest BCUT2D eigenvalue weighted by Crippen LogP contribution is -2.39. The van der Waals surface area contributed by atoms with E-state index >= 15 is 0 Å². The number of halogens is 3. The molecule has 0 atom stereocenters. The Hall–Kier alpha value is -2.19. The normalized spacial score (nSPS) is 14.0. The van der Waals surface area contributed by atoms with Crippen LogP contribution < -0.4 is 0 Å². The van der Waals surface area contributed by atoms with Crippen LogP contribution in [0.2, 0.25) is 5.02 Å². The first kappa shape index (κ1) is 24.1. The minimum absolute atomic E-state index is 0. The number of aliphatic hydroxyl groups is 1. The number of nitrogens with one attached hydrogen (secondary N) is 1. The van der Waals surface area contributed by atoms with E-state index in [9.17, 15) is 4.79 Å². The maximum atomic E-state index is 11.7. The molecule has 0 bridgehead atoms. The van der Waals surface area contributed by atoms with Gasteiger partial charge in [-0.3, -0.25) is 9.89 Å². The maximum Gasteiger partial charge on any atom is 0.248 e. The molecule has 2 aromatic heterocycles. The fourth-order valence-electron chi connectivity index (χ4n) is 3.68. The predicted molar refractivity (Wildman–Crippen MR) is 120 cm³/mol. The molecule has 0 spiro atoms. The first-order valence-corrected chi connectivity index (χ1v) is 9.54. The minimum atomic E-state index is -0.443. The molecule has 4 rings (SSSR count). The highest BCUT2D eigenvalue weighted by Crippen LogP contribution is 2.39. The maximum absolute atomic E-state index is 11.7. The summed E-state index contributed by atoms with van der Waals surface area (Å²) in [5.74, 6) is 0.00203. The van der Waals surface area contributed by atoms with Gasteiger partial charge in [-0.2, -0.15) is 5.10 Å². The van der Waals surface area contributed by atoms with E-state index in [4.69, 9.17) is 16.7 Å². The summed E-state index contributed by atoms with van der Waals surface area (Å²) >= 11 is 6.04. The summed E-state index contributed by atoms with van der Waals surface area (Å²) in [7, 11) is 0. The van der Waals surface area contributed by atoms with Gasteiger partial charge in [0.25, 0.3) is 0 Å². The van der Waals surface area contributed by atoms with Crippen LogP contribution in [0.4, 0.5) is 0 Å². The van der Waals surface area contributed by atoms with Crippen LogP contribution in [-0.4, -0.2) is 55.8 Å². The Morgan fingerprint density at radius 1 is 1.17 bits per heavy atom. The van der Waals surface area contributed by atoms with Crippen LogP contribution in [0.3, 0.4) is 0 Å². The van der Waals surface area contributed by atoms with Gasteiger partial charge in [-0.1, -0.05) is 23.7 Å². The van der Waals surface area contributed by atoms with Crippen molar-refractivity contribution < 1.29 is 9.90 Å². The van der Waals surface area contributed by atoms with Crippen molar-refractivity contribution in [3.8, 4) is 22.5 Å². The Balaban J connectivity index is 0.00000160. The molecule has 10 heteroatoms. The first-order chi connectivity index (χ1) is 13.7. The molecule has 0 saturated carbocycles. The predicted octanol–water partition coefficient (Wildman–Crippen LogP) is 3.73. The average molecular weight is 471 g/mol. The number of likely N-dealkylation sites (tertiary alicyclic amines) is 1. The van der Waals surface area contributed by atoms with Gasteiger partial charge in [0.1, 0.15) is 18.6 Å². The Labute approximate surface area is 191 Å². The van der Waals surface area contributed by atoms with E-state index in [0.717, 1.165) is 41.1 Å². The van der Waals surface area contributed by atoms with E-state index in [2.05, 4.69) is 20.2 Å². The molecule has 0 aliphatic carbocycles. The zero-order valence-corrected chi connectivity index (χ0v) is 18.4. The molecule has 1 aromatic carbocycles. The lowest BCUT2D eigenvalue weighted by molar-refractivity contribution is -0.135. The van der Waals surface area contributed by atoms with E-state index < -0.39 is 6.61 Å². The summed E-state index contributed by atoms with van der Waals surface area (Å²) in [5, 5.41) is 17.6. The van der Waals surface area contributed by atoms with Gasteiger partial charge >= 0.3 is 0 Å². The van der Waals surface area contributed by atoms with Gasteiger partial charge in [0.05, 0.1) is 5.69 Å². The van der Waals surface area contributed by atoms with E-state index in [1.165, 1.54) is 6.33 Å². The summed E-state index contributed by atoms with van der Waals surface area (Å²) in [5.41, 5.74) is 4.54. The highest BCUT2D eigenvalue weighted by atomic mass is 35.5. The van der Waals surface area contributed by atoms with Gasteiger partial charge in [0, 0.05) is 47.0 Å². The quantitative estimate of drug-likeness (QED) is 0.606. The number of hydrogen-bond acceptors (Lipinski definition) is 5. The van der Waals surface area contributed by atoms with Crippen molar-refractivity contribution in [1.29, 1.82) is 0 Å². The summed E-state index contributed by atoms with van der Waals surface area (Å²) in [4.78, 5) is 21.9. The molecule has 1 fully saturated rings. The van der Waals surface area contributed by atoms with Crippen molar-refractivity contribution in [2.45, 2.75) is 18.8 Å². The number of aromatic amines is 1. The monoisotopic (exact) mass is 469 g/mol. The highest BCUT2D eigenvalue weighted by Gasteiger charge is 2.28. The second-order valence-electron chi connectivity index (χ2n) is 6.78. The smallest absolute Gasteiger partial charge is 0.248 e. The fraction of sp³-hybridized carbons (Fsp3) is 0.300. The number of carbonyl (C=O) groups excluding carboxylic acids is 1. The van der Waals surface area contributed by atoms with Crippen molar-refractivity contribution in [2.75, 3.05) is 19.7 Å². The summed E-state index contributed by atoms with van der Waals surface area (Å²) in [6.45, 7) is 0.784. The number of hydrogen-bond donors (Lipinski definition) is 2. The SMILES string of the molecule is Cl.Cl.O=C(CO)N1CCC(c2[nH]nc(-c3ccc(Cl)cc3)c2-c2ccncn2)CC1. The van der Waals surface area contributed by atoms with Crippen molar-refractivity contribution in [3.63, 3.8) is 0 Å².